The minimum Gasteiger partial charge on any atom is -0.305 e. The smallest absolute Gasteiger partial charge is 0.0270 e. The van der Waals surface area contributed by atoms with Crippen molar-refractivity contribution in [2.75, 3.05) is 20.1 Å². The topological polar surface area (TPSA) is 16.1 Å². The number of aromatic nitrogens is 1. The van der Waals surface area contributed by atoms with Crippen molar-refractivity contribution in [3.05, 3.63) is 30.1 Å². The summed E-state index contributed by atoms with van der Waals surface area (Å²) in [5.74, 6) is 1.13. The number of nitrogens with zero attached hydrogens (tertiary/aromatic N) is 2. The number of hydrogen-bond donors (Lipinski definition) is 0. The Kier molecular flexibility index (Phi) is 3.43. The van der Waals surface area contributed by atoms with Gasteiger partial charge >= 0.3 is 0 Å². The quantitative estimate of drug-likeness (QED) is 0.756. The molecule has 0 spiro atoms. The summed E-state index contributed by atoms with van der Waals surface area (Å²) in [6.45, 7) is 2.50. The van der Waals surface area contributed by atoms with Crippen LogP contribution in [0, 0.1) is 0 Å². The highest BCUT2D eigenvalue weighted by atomic mass is 32.2. The van der Waals surface area contributed by atoms with E-state index in [0.29, 0.717) is 0 Å². The highest BCUT2D eigenvalue weighted by Gasteiger charge is 2.19. The molecule has 1 aromatic heterocycles. The second-order valence-corrected chi connectivity index (χ2v) is 5.13. The van der Waals surface area contributed by atoms with E-state index < -0.39 is 0 Å². The highest BCUT2D eigenvalue weighted by molar-refractivity contribution is 7.99. The Balaban J connectivity index is 1.78. The lowest BCUT2D eigenvalue weighted by molar-refractivity contribution is 0.419. The lowest BCUT2D eigenvalue weighted by Crippen LogP contribution is -2.14. The number of pyridine rings is 1. The van der Waals surface area contributed by atoms with Crippen LogP contribution in [0.15, 0.2) is 24.5 Å². The van der Waals surface area contributed by atoms with Crippen molar-refractivity contribution in [1.29, 1.82) is 0 Å². The molecule has 0 N–H and O–H groups in total. The van der Waals surface area contributed by atoms with Crippen molar-refractivity contribution in [3.63, 3.8) is 0 Å². The van der Waals surface area contributed by atoms with Gasteiger partial charge < -0.3 is 4.90 Å². The molecule has 3 heteroatoms. The third-order valence-electron chi connectivity index (χ3n) is 2.58. The Bertz CT molecular complexity index is 276. The van der Waals surface area contributed by atoms with Crippen LogP contribution in [0.3, 0.4) is 0 Å². The molecule has 1 aromatic rings. The van der Waals surface area contributed by atoms with Crippen LogP contribution in [0.5, 0.6) is 0 Å². The van der Waals surface area contributed by atoms with Gasteiger partial charge in [-0.05, 0) is 37.7 Å². The molecule has 1 aliphatic heterocycles. The van der Waals surface area contributed by atoms with Crippen LogP contribution >= 0.6 is 11.8 Å². The van der Waals surface area contributed by atoms with Gasteiger partial charge in [0.15, 0.2) is 0 Å². The second-order valence-electron chi connectivity index (χ2n) is 3.84. The molecule has 2 nitrogen and oxygen atoms in total. The second kappa shape index (κ2) is 4.80. The minimum atomic E-state index is 0.827. The molecular formula is C11H16N2S. The summed E-state index contributed by atoms with van der Waals surface area (Å²) >= 11 is 2.07. The molecule has 0 aliphatic carbocycles. The summed E-state index contributed by atoms with van der Waals surface area (Å²) in [6.07, 6.45) is 5.08. The van der Waals surface area contributed by atoms with Gasteiger partial charge in [-0.3, -0.25) is 4.98 Å². The normalized spacial score (nSPS) is 22.8. The van der Waals surface area contributed by atoms with Gasteiger partial charge in [-0.2, -0.15) is 11.8 Å². The lowest BCUT2D eigenvalue weighted by atomic mass is 10.3. The van der Waals surface area contributed by atoms with Crippen LogP contribution in [-0.2, 0) is 5.75 Å². The van der Waals surface area contributed by atoms with E-state index in [1.54, 1.807) is 0 Å². The number of likely N-dealkylation sites (tertiary alicyclic amines) is 1. The van der Waals surface area contributed by atoms with Gasteiger partial charge in [0.25, 0.3) is 0 Å². The van der Waals surface area contributed by atoms with Gasteiger partial charge in [-0.15, -0.1) is 0 Å². The average Bonchev–Trinajstić information content (AvgIpc) is 2.63. The highest BCUT2D eigenvalue weighted by Crippen LogP contribution is 2.24. The van der Waals surface area contributed by atoms with Gasteiger partial charge in [-0.25, -0.2) is 0 Å². The zero-order valence-electron chi connectivity index (χ0n) is 8.52. The van der Waals surface area contributed by atoms with Gasteiger partial charge in [0.2, 0.25) is 0 Å². The number of thioether (sulfide) groups is 1. The zero-order valence-corrected chi connectivity index (χ0v) is 9.33. The molecule has 0 saturated carbocycles. The average molecular weight is 208 g/mol. The molecule has 0 amide bonds. The summed E-state index contributed by atoms with van der Waals surface area (Å²) in [6, 6.07) is 4.21. The summed E-state index contributed by atoms with van der Waals surface area (Å²) in [4.78, 5) is 6.43. The van der Waals surface area contributed by atoms with Crippen molar-refractivity contribution in [2.24, 2.45) is 0 Å². The third kappa shape index (κ3) is 2.72. The SMILES string of the molecule is CN1CCC(SCc2ccncc2)C1. The predicted molar refractivity (Wildman–Crippen MR) is 61.4 cm³/mol. The number of rotatable bonds is 3. The Morgan fingerprint density at radius 2 is 2.29 bits per heavy atom. The molecule has 2 rings (SSSR count). The van der Waals surface area contributed by atoms with Crippen LogP contribution in [0.2, 0.25) is 0 Å². The van der Waals surface area contributed by atoms with E-state index in [9.17, 15) is 0 Å². The Hall–Kier alpha value is -0.540. The molecule has 76 valence electrons. The van der Waals surface area contributed by atoms with E-state index in [4.69, 9.17) is 0 Å². The van der Waals surface area contributed by atoms with E-state index in [-0.39, 0.29) is 0 Å². The largest absolute Gasteiger partial charge is 0.305 e. The summed E-state index contributed by atoms with van der Waals surface area (Å²) in [5.41, 5.74) is 1.39. The van der Waals surface area contributed by atoms with E-state index in [1.165, 1.54) is 25.1 Å². The Morgan fingerprint density at radius 1 is 1.50 bits per heavy atom. The maximum absolute atomic E-state index is 4.02. The summed E-state index contributed by atoms with van der Waals surface area (Å²) in [5, 5.41) is 0.827. The first-order valence-electron chi connectivity index (χ1n) is 5.03. The summed E-state index contributed by atoms with van der Waals surface area (Å²) in [7, 11) is 2.20. The molecule has 1 atom stereocenters. The molecule has 1 aliphatic rings. The molecule has 0 aromatic carbocycles. The monoisotopic (exact) mass is 208 g/mol. The van der Waals surface area contributed by atoms with Gasteiger partial charge in [0.1, 0.15) is 0 Å². The maximum Gasteiger partial charge on any atom is 0.0270 e. The van der Waals surface area contributed by atoms with Gasteiger partial charge in [0.05, 0.1) is 0 Å². The molecule has 14 heavy (non-hydrogen) atoms. The first kappa shape index (κ1) is 9.99. The first-order valence-corrected chi connectivity index (χ1v) is 6.08. The van der Waals surface area contributed by atoms with Crippen LogP contribution in [0.1, 0.15) is 12.0 Å². The fraction of sp³-hybridized carbons (Fsp3) is 0.545. The van der Waals surface area contributed by atoms with E-state index in [1.807, 2.05) is 12.4 Å². The van der Waals surface area contributed by atoms with Crippen molar-refractivity contribution < 1.29 is 0 Å². The van der Waals surface area contributed by atoms with Crippen molar-refractivity contribution in [1.82, 2.24) is 9.88 Å². The van der Waals surface area contributed by atoms with Crippen LogP contribution < -0.4 is 0 Å². The minimum absolute atomic E-state index is 0.827. The van der Waals surface area contributed by atoms with Crippen molar-refractivity contribution >= 4 is 11.8 Å². The Morgan fingerprint density at radius 3 is 2.93 bits per heavy atom. The zero-order chi connectivity index (χ0) is 9.80. The third-order valence-corrected chi connectivity index (χ3v) is 3.94. The molecule has 0 bridgehead atoms. The number of hydrogen-bond acceptors (Lipinski definition) is 3. The van der Waals surface area contributed by atoms with Crippen molar-refractivity contribution in [2.45, 2.75) is 17.4 Å². The fourth-order valence-electron chi connectivity index (χ4n) is 1.72. The van der Waals surface area contributed by atoms with E-state index >= 15 is 0 Å². The van der Waals surface area contributed by atoms with E-state index in [2.05, 4.69) is 40.8 Å². The van der Waals surface area contributed by atoms with Crippen molar-refractivity contribution in [3.8, 4) is 0 Å². The van der Waals surface area contributed by atoms with Crippen LogP contribution in [-0.4, -0.2) is 35.3 Å². The Labute approximate surface area is 89.7 Å². The predicted octanol–water partition coefficient (Wildman–Crippen LogP) is 2.02. The van der Waals surface area contributed by atoms with Crippen LogP contribution in [0.25, 0.3) is 0 Å². The molecule has 1 fully saturated rings. The van der Waals surface area contributed by atoms with Crippen LogP contribution in [0.4, 0.5) is 0 Å². The standard InChI is InChI=1S/C11H16N2S/c1-13-7-4-11(8-13)14-9-10-2-5-12-6-3-10/h2-3,5-6,11H,4,7-9H2,1H3. The molecule has 2 heterocycles. The lowest BCUT2D eigenvalue weighted by Gasteiger charge is -2.09. The molecule has 1 unspecified atom stereocenters. The molecule has 1 saturated heterocycles. The van der Waals surface area contributed by atoms with E-state index in [0.717, 1.165) is 11.0 Å². The maximum atomic E-state index is 4.02. The fourth-order valence-corrected chi connectivity index (χ4v) is 2.98. The van der Waals surface area contributed by atoms with Gasteiger partial charge in [0, 0.05) is 29.9 Å². The summed E-state index contributed by atoms with van der Waals surface area (Å²) < 4.78 is 0. The molecule has 0 radical (unpaired) electrons. The van der Waals surface area contributed by atoms with Gasteiger partial charge in [-0.1, -0.05) is 0 Å². The first-order chi connectivity index (χ1) is 6.84. The molecular weight excluding hydrogens is 192 g/mol.